The Bertz CT molecular complexity index is 694. The lowest BCUT2D eigenvalue weighted by Gasteiger charge is -2.28. The van der Waals surface area contributed by atoms with Crippen molar-refractivity contribution in [2.75, 3.05) is 12.4 Å². The van der Waals surface area contributed by atoms with Crippen LogP contribution in [0.15, 0.2) is 18.5 Å². The highest BCUT2D eigenvalue weighted by Crippen LogP contribution is 2.30. The Labute approximate surface area is 133 Å². The van der Waals surface area contributed by atoms with Crippen molar-refractivity contribution in [3.8, 4) is 0 Å². The number of nitrogens with one attached hydrogen (secondary N) is 1. The van der Waals surface area contributed by atoms with Crippen molar-refractivity contribution in [3.05, 3.63) is 23.6 Å². The molecule has 2 atom stereocenters. The van der Waals surface area contributed by atoms with Gasteiger partial charge in [0.2, 0.25) is 0 Å². The molecule has 0 amide bonds. The van der Waals surface area contributed by atoms with Gasteiger partial charge in [-0.3, -0.25) is 9.78 Å². The number of aromatic nitrogens is 3. The Morgan fingerprint density at radius 3 is 3.05 bits per heavy atom. The van der Waals surface area contributed by atoms with Crippen LogP contribution >= 0.6 is 11.6 Å². The molecular weight excluding hydrogens is 304 g/mol. The van der Waals surface area contributed by atoms with E-state index in [2.05, 4.69) is 20.5 Å². The van der Waals surface area contributed by atoms with Gasteiger partial charge in [0.1, 0.15) is 0 Å². The SMILES string of the molecule is COC(=O)[C@H]1CCC[C@@H](Nc2nnc(Cl)c3ccncc23)C1. The van der Waals surface area contributed by atoms with Crippen LogP contribution in [0.5, 0.6) is 0 Å². The number of rotatable bonds is 3. The maximum atomic E-state index is 11.7. The molecule has 0 unspecified atom stereocenters. The van der Waals surface area contributed by atoms with Crippen LogP contribution in [0, 0.1) is 5.92 Å². The molecule has 1 N–H and O–H groups in total. The minimum atomic E-state index is -0.139. The number of nitrogens with zero attached hydrogens (tertiary/aromatic N) is 3. The van der Waals surface area contributed by atoms with Gasteiger partial charge in [0.25, 0.3) is 0 Å². The van der Waals surface area contributed by atoms with E-state index in [4.69, 9.17) is 16.3 Å². The molecule has 2 aromatic rings. The first-order valence-electron chi connectivity index (χ1n) is 7.29. The van der Waals surface area contributed by atoms with Gasteiger partial charge in [-0.1, -0.05) is 18.0 Å². The number of pyridine rings is 1. The van der Waals surface area contributed by atoms with Crippen LogP contribution in [0.4, 0.5) is 5.82 Å². The van der Waals surface area contributed by atoms with Gasteiger partial charge in [-0.25, -0.2) is 0 Å². The second-order valence-corrected chi connectivity index (χ2v) is 5.85. The van der Waals surface area contributed by atoms with Gasteiger partial charge in [-0.05, 0) is 25.3 Å². The minimum absolute atomic E-state index is 0.0547. The molecule has 0 spiro atoms. The molecule has 1 saturated carbocycles. The van der Waals surface area contributed by atoms with E-state index in [9.17, 15) is 4.79 Å². The van der Waals surface area contributed by atoms with Crippen molar-refractivity contribution in [1.82, 2.24) is 15.2 Å². The van der Waals surface area contributed by atoms with Crippen molar-refractivity contribution in [3.63, 3.8) is 0 Å². The fraction of sp³-hybridized carbons (Fsp3) is 0.467. The van der Waals surface area contributed by atoms with Gasteiger partial charge in [-0.15, -0.1) is 10.2 Å². The van der Waals surface area contributed by atoms with Gasteiger partial charge in [0.15, 0.2) is 11.0 Å². The molecule has 7 heteroatoms. The van der Waals surface area contributed by atoms with E-state index in [-0.39, 0.29) is 17.9 Å². The molecular formula is C15H17ClN4O2. The van der Waals surface area contributed by atoms with Crippen molar-refractivity contribution >= 4 is 34.2 Å². The summed E-state index contributed by atoms with van der Waals surface area (Å²) in [6.45, 7) is 0. The third kappa shape index (κ3) is 2.97. The quantitative estimate of drug-likeness (QED) is 0.876. The van der Waals surface area contributed by atoms with Crippen molar-refractivity contribution in [1.29, 1.82) is 0 Å². The number of halogens is 1. The second kappa shape index (κ2) is 6.44. The molecule has 0 bridgehead atoms. The zero-order chi connectivity index (χ0) is 15.5. The fourth-order valence-electron chi connectivity index (χ4n) is 2.97. The van der Waals surface area contributed by atoms with Crippen LogP contribution < -0.4 is 5.32 Å². The van der Waals surface area contributed by atoms with E-state index in [1.165, 1.54) is 7.11 Å². The third-order valence-corrected chi connectivity index (χ3v) is 4.37. The largest absolute Gasteiger partial charge is 0.469 e. The highest BCUT2D eigenvalue weighted by molar-refractivity contribution is 6.34. The molecule has 1 aliphatic carbocycles. The minimum Gasteiger partial charge on any atom is -0.469 e. The maximum Gasteiger partial charge on any atom is 0.308 e. The maximum absolute atomic E-state index is 11.7. The van der Waals surface area contributed by atoms with Crippen LogP contribution in [0.25, 0.3) is 10.8 Å². The Morgan fingerprint density at radius 2 is 2.23 bits per heavy atom. The van der Waals surface area contributed by atoms with E-state index < -0.39 is 0 Å². The molecule has 0 aromatic carbocycles. The van der Waals surface area contributed by atoms with Crippen LogP contribution in [-0.2, 0) is 9.53 Å². The van der Waals surface area contributed by atoms with E-state index in [1.54, 1.807) is 12.4 Å². The van der Waals surface area contributed by atoms with E-state index >= 15 is 0 Å². The van der Waals surface area contributed by atoms with Gasteiger partial charge in [-0.2, -0.15) is 0 Å². The standard InChI is InChI=1S/C15H17ClN4O2/c1-22-15(21)9-3-2-4-10(7-9)18-14-12-8-17-6-5-11(12)13(16)19-20-14/h5-6,8-10H,2-4,7H2,1H3,(H,18,20)/t9-,10+/m0/s1. The van der Waals surface area contributed by atoms with Crippen molar-refractivity contribution in [2.24, 2.45) is 5.92 Å². The number of methoxy groups -OCH3 is 1. The van der Waals surface area contributed by atoms with Crippen molar-refractivity contribution < 1.29 is 9.53 Å². The Hall–Kier alpha value is -1.95. The Balaban J connectivity index is 1.81. The van der Waals surface area contributed by atoms with Crippen LogP contribution in [0.3, 0.4) is 0 Å². The predicted octanol–water partition coefficient (Wildman–Crippen LogP) is 2.82. The van der Waals surface area contributed by atoms with Crippen LogP contribution in [0.2, 0.25) is 5.15 Å². The average Bonchev–Trinajstić information content (AvgIpc) is 2.57. The molecule has 1 fully saturated rings. The van der Waals surface area contributed by atoms with Gasteiger partial charge in [0, 0.05) is 29.2 Å². The van der Waals surface area contributed by atoms with Crippen LogP contribution in [0.1, 0.15) is 25.7 Å². The summed E-state index contributed by atoms with van der Waals surface area (Å²) < 4.78 is 4.85. The first-order valence-corrected chi connectivity index (χ1v) is 7.67. The van der Waals surface area contributed by atoms with E-state index in [0.29, 0.717) is 11.0 Å². The topological polar surface area (TPSA) is 77.0 Å². The zero-order valence-corrected chi connectivity index (χ0v) is 13.0. The van der Waals surface area contributed by atoms with E-state index in [0.717, 1.165) is 36.5 Å². The molecule has 1 aliphatic rings. The number of hydrogen-bond donors (Lipinski definition) is 1. The highest BCUT2D eigenvalue weighted by Gasteiger charge is 2.28. The molecule has 2 aromatic heterocycles. The Morgan fingerprint density at radius 1 is 1.36 bits per heavy atom. The second-order valence-electron chi connectivity index (χ2n) is 5.49. The predicted molar refractivity (Wildman–Crippen MR) is 83.7 cm³/mol. The summed E-state index contributed by atoms with van der Waals surface area (Å²) in [5.41, 5.74) is 0. The average molecular weight is 321 g/mol. The lowest BCUT2D eigenvalue weighted by Crippen LogP contribution is -2.32. The number of hydrogen-bond acceptors (Lipinski definition) is 6. The number of carbonyl (C=O) groups excluding carboxylic acids is 1. The number of ether oxygens (including phenoxy) is 1. The molecule has 2 heterocycles. The monoisotopic (exact) mass is 320 g/mol. The first kappa shape index (κ1) is 15.0. The number of carbonyl (C=O) groups is 1. The summed E-state index contributed by atoms with van der Waals surface area (Å²) in [5, 5.41) is 13.5. The highest BCUT2D eigenvalue weighted by atomic mass is 35.5. The first-order chi connectivity index (χ1) is 10.7. The summed E-state index contributed by atoms with van der Waals surface area (Å²) in [6, 6.07) is 1.98. The molecule has 0 aliphatic heterocycles. The lowest BCUT2D eigenvalue weighted by molar-refractivity contribution is -0.146. The summed E-state index contributed by atoms with van der Waals surface area (Å²) in [7, 11) is 1.43. The number of esters is 1. The molecule has 22 heavy (non-hydrogen) atoms. The number of fused-ring (bicyclic) bond motifs is 1. The van der Waals surface area contributed by atoms with E-state index in [1.807, 2.05) is 6.07 Å². The summed E-state index contributed by atoms with van der Waals surface area (Å²) in [4.78, 5) is 15.8. The summed E-state index contributed by atoms with van der Waals surface area (Å²) >= 11 is 6.06. The van der Waals surface area contributed by atoms with Crippen LogP contribution in [-0.4, -0.2) is 34.3 Å². The smallest absolute Gasteiger partial charge is 0.308 e. The molecule has 0 saturated heterocycles. The molecule has 116 valence electrons. The van der Waals surface area contributed by atoms with Gasteiger partial charge in [0.05, 0.1) is 13.0 Å². The van der Waals surface area contributed by atoms with Gasteiger partial charge >= 0.3 is 5.97 Å². The lowest BCUT2D eigenvalue weighted by atomic mass is 9.85. The Kier molecular flexibility index (Phi) is 4.38. The molecule has 0 radical (unpaired) electrons. The molecule has 6 nitrogen and oxygen atoms in total. The summed E-state index contributed by atoms with van der Waals surface area (Å²) in [5.74, 6) is 0.462. The fourth-order valence-corrected chi connectivity index (χ4v) is 3.17. The molecule has 3 rings (SSSR count). The third-order valence-electron chi connectivity index (χ3n) is 4.09. The van der Waals surface area contributed by atoms with Gasteiger partial charge < -0.3 is 10.1 Å². The summed E-state index contributed by atoms with van der Waals surface area (Å²) in [6.07, 6.45) is 6.97. The zero-order valence-electron chi connectivity index (χ0n) is 12.3. The number of anilines is 1. The normalized spacial score (nSPS) is 21.5. The van der Waals surface area contributed by atoms with Crippen molar-refractivity contribution in [2.45, 2.75) is 31.7 Å².